The summed E-state index contributed by atoms with van der Waals surface area (Å²) < 4.78 is 24.1. The Kier molecular flexibility index (Phi) is 7.43. The molecule has 140 valence electrons. The van der Waals surface area contributed by atoms with E-state index in [-0.39, 0.29) is 22.9 Å². The van der Waals surface area contributed by atoms with E-state index in [0.717, 1.165) is 11.8 Å². The highest BCUT2D eigenvalue weighted by molar-refractivity contribution is 7.90. The maximum atomic E-state index is 12.1. The fraction of sp³-hybridized carbons (Fsp3) is 0.125. The van der Waals surface area contributed by atoms with Crippen molar-refractivity contribution in [1.82, 2.24) is 5.32 Å². The van der Waals surface area contributed by atoms with Crippen LogP contribution in [0.1, 0.15) is 15.9 Å². The summed E-state index contributed by atoms with van der Waals surface area (Å²) in [4.78, 5) is 11.9. The summed E-state index contributed by atoms with van der Waals surface area (Å²) in [6, 6.07) is 11.3. The molecule has 0 bridgehead atoms. The van der Waals surface area contributed by atoms with Crippen molar-refractivity contribution in [2.75, 3.05) is 11.6 Å². The van der Waals surface area contributed by atoms with E-state index in [1.165, 1.54) is 18.2 Å². The minimum absolute atomic E-state index is 0. The summed E-state index contributed by atoms with van der Waals surface area (Å²) in [5.41, 5.74) is 6.50. The van der Waals surface area contributed by atoms with Gasteiger partial charge in [-0.2, -0.15) is 0 Å². The third kappa shape index (κ3) is 5.91. The number of anilines is 1. The molecule has 7 nitrogen and oxygen atoms in total. The molecule has 26 heavy (non-hydrogen) atoms. The maximum absolute atomic E-state index is 12.1. The van der Waals surface area contributed by atoms with Gasteiger partial charge in [-0.05, 0) is 35.9 Å². The van der Waals surface area contributed by atoms with Crippen LogP contribution in [0, 0.1) is 5.41 Å². The van der Waals surface area contributed by atoms with Gasteiger partial charge in [0.25, 0.3) is 5.91 Å². The minimum Gasteiger partial charge on any atom is -0.380 e. The molecule has 0 saturated carbocycles. The van der Waals surface area contributed by atoms with Gasteiger partial charge in [-0.25, -0.2) is 8.42 Å². The van der Waals surface area contributed by atoms with Gasteiger partial charge in [0, 0.05) is 23.4 Å². The highest BCUT2D eigenvalue weighted by atomic mass is 35.5. The molecule has 5 N–H and O–H groups in total. The van der Waals surface area contributed by atoms with Crippen LogP contribution in [0.25, 0.3) is 0 Å². The lowest BCUT2D eigenvalue weighted by Gasteiger charge is -2.13. The topological polar surface area (TPSA) is 125 Å². The van der Waals surface area contributed by atoms with E-state index in [9.17, 15) is 13.2 Å². The summed E-state index contributed by atoms with van der Waals surface area (Å²) >= 11 is 5.84. The Labute approximate surface area is 162 Å². The third-order valence-corrected chi connectivity index (χ3v) is 4.68. The molecule has 2 aromatic carbocycles. The molecular weight excluding hydrogens is 399 g/mol. The first kappa shape index (κ1) is 21.8. The van der Waals surface area contributed by atoms with E-state index in [1.807, 2.05) is 12.1 Å². The monoisotopic (exact) mass is 416 g/mol. The second-order valence-corrected chi connectivity index (χ2v) is 7.75. The largest absolute Gasteiger partial charge is 0.380 e. The van der Waals surface area contributed by atoms with E-state index < -0.39 is 21.7 Å². The summed E-state index contributed by atoms with van der Waals surface area (Å²) in [6.07, 6.45) is 1.06. The van der Waals surface area contributed by atoms with Gasteiger partial charge >= 0.3 is 0 Å². The lowest BCUT2D eigenvalue weighted by molar-refractivity contribution is 0.0976. The molecule has 0 atom stereocenters. The van der Waals surface area contributed by atoms with Crippen LogP contribution in [-0.4, -0.2) is 26.5 Å². The SMILES string of the molecule is CS(=O)(=O)c1cc(C(=O)NC(=N)N)ccc1NCc1ccc(Cl)cc1.Cl. The average molecular weight is 417 g/mol. The normalized spacial score (nSPS) is 10.5. The number of halogens is 2. The summed E-state index contributed by atoms with van der Waals surface area (Å²) in [7, 11) is -3.58. The molecule has 0 saturated heterocycles. The van der Waals surface area contributed by atoms with Crippen molar-refractivity contribution in [3.8, 4) is 0 Å². The zero-order chi connectivity index (χ0) is 18.6. The predicted octanol–water partition coefficient (Wildman–Crippen LogP) is 2.40. The standard InChI is InChI=1S/C16H17ClN4O3S.ClH/c1-25(23,24)14-8-11(15(22)21-16(18)19)4-7-13(14)20-9-10-2-5-12(17)6-3-10;/h2-8,20H,9H2,1H3,(H4,18,19,21,22);1H. The van der Waals surface area contributed by atoms with Crippen LogP contribution in [0.2, 0.25) is 5.02 Å². The van der Waals surface area contributed by atoms with Crippen molar-refractivity contribution in [3.63, 3.8) is 0 Å². The number of carbonyl (C=O) groups excluding carboxylic acids is 1. The first-order chi connectivity index (χ1) is 11.7. The Balaban J connectivity index is 0.00000338. The van der Waals surface area contributed by atoms with Crippen molar-refractivity contribution >= 4 is 51.4 Å². The molecule has 2 aromatic rings. The van der Waals surface area contributed by atoms with Gasteiger partial charge < -0.3 is 11.1 Å². The van der Waals surface area contributed by atoms with Crippen molar-refractivity contribution in [2.45, 2.75) is 11.4 Å². The first-order valence-electron chi connectivity index (χ1n) is 7.14. The fourth-order valence-corrected chi connectivity index (χ4v) is 3.12. The zero-order valence-electron chi connectivity index (χ0n) is 13.7. The van der Waals surface area contributed by atoms with Crippen LogP contribution in [0.5, 0.6) is 0 Å². The summed E-state index contributed by atoms with van der Waals surface area (Å²) in [5, 5.41) is 12.8. The summed E-state index contributed by atoms with van der Waals surface area (Å²) in [6.45, 7) is 0.388. The van der Waals surface area contributed by atoms with Gasteiger partial charge in [-0.3, -0.25) is 15.5 Å². The molecule has 2 rings (SSSR count). The van der Waals surface area contributed by atoms with Crippen molar-refractivity contribution in [1.29, 1.82) is 5.41 Å². The average Bonchev–Trinajstić information content (AvgIpc) is 2.52. The lowest BCUT2D eigenvalue weighted by atomic mass is 10.1. The molecular formula is C16H18Cl2N4O3S. The van der Waals surface area contributed by atoms with Gasteiger partial charge in [-0.15, -0.1) is 12.4 Å². The minimum atomic E-state index is -3.58. The number of benzene rings is 2. The molecule has 0 spiro atoms. The molecule has 0 aliphatic carbocycles. The van der Waals surface area contributed by atoms with Crippen LogP contribution < -0.4 is 16.4 Å². The zero-order valence-corrected chi connectivity index (χ0v) is 16.1. The number of rotatable bonds is 5. The van der Waals surface area contributed by atoms with Gasteiger partial charge in [-0.1, -0.05) is 23.7 Å². The smallest absolute Gasteiger partial charge is 0.257 e. The van der Waals surface area contributed by atoms with Crippen LogP contribution >= 0.6 is 24.0 Å². The lowest BCUT2D eigenvalue weighted by Crippen LogP contribution is -2.35. The van der Waals surface area contributed by atoms with E-state index in [2.05, 4.69) is 10.6 Å². The second-order valence-electron chi connectivity index (χ2n) is 5.33. The molecule has 0 aromatic heterocycles. The predicted molar refractivity (Wildman–Crippen MR) is 105 cm³/mol. The molecule has 0 aliphatic rings. The number of hydrogen-bond donors (Lipinski definition) is 4. The van der Waals surface area contributed by atoms with Crippen LogP contribution in [0.15, 0.2) is 47.4 Å². The fourth-order valence-electron chi connectivity index (χ4n) is 2.11. The Hall–Kier alpha value is -2.29. The molecule has 1 amide bonds. The van der Waals surface area contributed by atoms with Crippen molar-refractivity contribution in [3.05, 3.63) is 58.6 Å². The highest BCUT2D eigenvalue weighted by Crippen LogP contribution is 2.24. The van der Waals surface area contributed by atoms with E-state index in [4.69, 9.17) is 22.7 Å². The van der Waals surface area contributed by atoms with Crippen molar-refractivity contribution < 1.29 is 13.2 Å². The second kappa shape index (κ2) is 8.88. The summed E-state index contributed by atoms with van der Waals surface area (Å²) in [5.74, 6) is -1.17. The maximum Gasteiger partial charge on any atom is 0.257 e. The van der Waals surface area contributed by atoms with E-state index in [0.29, 0.717) is 17.3 Å². The molecule has 0 heterocycles. The van der Waals surface area contributed by atoms with Gasteiger partial charge in [0.2, 0.25) is 0 Å². The van der Waals surface area contributed by atoms with Gasteiger partial charge in [0.05, 0.1) is 10.6 Å². The number of nitrogens with two attached hydrogens (primary N) is 1. The quantitative estimate of drug-likeness (QED) is 0.439. The number of carbonyl (C=O) groups is 1. The van der Waals surface area contributed by atoms with Crippen LogP contribution in [0.3, 0.4) is 0 Å². The molecule has 0 fully saturated rings. The first-order valence-corrected chi connectivity index (χ1v) is 9.41. The third-order valence-electron chi connectivity index (χ3n) is 3.29. The van der Waals surface area contributed by atoms with Crippen LogP contribution in [0.4, 0.5) is 5.69 Å². The Morgan fingerprint density at radius 1 is 1.19 bits per heavy atom. The number of nitrogens with one attached hydrogen (secondary N) is 3. The number of sulfone groups is 1. The van der Waals surface area contributed by atoms with E-state index in [1.54, 1.807) is 12.1 Å². The Bertz CT molecular complexity index is 916. The molecule has 0 aliphatic heterocycles. The molecule has 0 unspecified atom stereocenters. The van der Waals surface area contributed by atoms with E-state index >= 15 is 0 Å². The highest BCUT2D eigenvalue weighted by Gasteiger charge is 2.17. The Morgan fingerprint density at radius 3 is 2.35 bits per heavy atom. The number of hydrogen-bond acceptors (Lipinski definition) is 5. The number of amides is 1. The Morgan fingerprint density at radius 2 is 1.81 bits per heavy atom. The molecule has 10 heteroatoms. The van der Waals surface area contributed by atoms with Crippen LogP contribution in [-0.2, 0) is 16.4 Å². The molecule has 0 radical (unpaired) electrons. The van der Waals surface area contributed by atoms with Gasteiger partial charge in [0.15, 0.2) is 15.8 Å². The van der Waals surface area contributed by atoms with Crippen molar-refractivity contribution in [2.24, 2.45) is 5.73 Å². The van der Waals surface area contributed by atoms with Gasteiger partial charge in [0.1, 0.15) is 0 Å². The number of guanidine groups is 1.